The number of hydrogen-bond acceptors (Lipinski definition) is 3. The van der Waals surface area contributed by atoms with Gasteiger partial charge >= 0.3 is 0 Å². The predicted octanol–water partition coefficient (Wildman–Crippen LogP) is 3.44. The molecule has 0 saturated heterocycles. The number of carbonyl (C=O) groups is 1. The molecule has 1 aliphatic carbocycles. The molecule has 0 saturated carbocycles. The number of fused-ring (bicyclic) bond motifs is 1. The summed E-state index contributed by atoms with van der Waals surface area (Å²) < 4.78 is 5.13. The summed E-state index contributed by atoms with van der Waals surface area (Å²) >= 11 is 0. The average molecular weight is 284 g/mol. The second-order valence-electron chi connectivity index (χ2n) is 5.72. The molecule has 1 amide bonds. The molecule has 0 N–H and O–H groups in total. The molecule has 1 unspecified atom stereocenters. The van der Waals surface area contributed by atoms with E-state index in [9.17, 15) is 4.79 Å². The third-order valence-electron chi connectivity index (χ3n) is 4.37. The van der Waals surface area contributed by atoms with Gasteiger partial charge in [-0.3, -0.25) is 4.79 Å². The van der Waals surface area contributed by atoms with Gasteiger partial charge in [0.05, 0.1) is 11.7 Å². The highest BCUT2D eigenvalue weighted by Gasteiger charge is 2.29. The quantitative estimate of drug-likeness (QED) is 0.848. The van der Waals surface area contributed by atoms with Gasteiger partial charge in [-0.05, 0) is 44.2 Å². The molecule has 0 fully saturated rings. The molecule has 4 heteroatoms. The summed E-state index contributed by atoms with van der Waals surface area (Å²) in [5.74, 6) is 0.585. The van der Waals surface area contributed by atoms with Gasteiger partial charge < -0.3 is 9.42 Å². The van der Waals surface area contributed by atoms with Crippen LogP contribution in [-0.4, -0.2) is 23.0 Å². The zero-order valence-corrected chi connectivity index (χ0v) is 12.7. The Bertz CT molecular complexity index is 656. The molecule has 21 heavy (non-hydrogen) atoms. The lowest BCUT2D eigenvalue weighted by Crippen LogP contribution is -2.33. The predicted molar refractivity (Wildman–Crippen MR) is 80.2 cm³/mol. The minimum atomic E-state index is -0.00652. The highest BCUT2D eigenvalue weighted by atomic mass is 16.5. The first-order valence-electron chi connectivity index (χ1n) is 7.37. The Hall–Kier alpha value is -2.10. The summed E-state index contributed by atoms with van der Waals surface area (Å²) in [6, 6.07) is 8.55. The number of amides is 1. The summed E-state index contributed by atoms with van der Waals surface area (Å²) in [7, 11) is 1.88. The Morgan fingerprint density at radius 1 is 1.33 bits per heavy atom. The molecule has 1 aromatic carbocycles. The smallest absolute Gasteiger partial charge is 0.259 e. The van der Waals surface area contributed by atoms with Crippen LogP contribution in [0.25, 0.3) is 0 Å². The molecule has 1 aliphatic rings. The van der Waals surface area contributed by atoms with E-state index in [1.54, 1.807) is 6.92 Å². The molecule has 1 heterocycles. The molecule has 3 rings (SSSR count). The molecule has 1 aromatic heterocycles. The van der Waals surface area contributed by atoms with Crippen LogP contribution in [0.5, 0.6) is 0 Å². The van der Waals surface area contributed by atoms with Crippen molar-refractivity contribution in [2.24, 2.45) is 0 Å². The zero-order valence-electron chi connectivity index (χ0n) is 12.7. The minimum Gasteiger partial charge on any atom is -0.361 e. The first-order chi connectivity index (χ1) is 10.1. The van der Waals surface area contributed by atoms with Crippen molar-refractivity contribution in [3.63, 3.8) is 0 Å². The van der Waals surface area contributed by atoms with E-state index in [2.05, 4.69) is 23.4 Å². The van der Waals surface area contributed by atoms with Gasteiger partial charge in [-0.15, -0.1) is 0 Å². The van der Waals surface area contributed by atoms with Crippen molar-refractivity contribution in [3.05, 3.63) is 52.4 Å². The van der Waals surface area contributed by atoms with E-state index >= 15 is 0 Å². The number of aryl methyl sites for hydroxylation is 3. The Morgan fingerprint density at radius 3 is 2.81 bits per heavy atom. The van der Waals surface area contributed by atoms with Crippen molar-refractivity contribution in [2.75, 3.05) is 7.05 Å². The van der Waals surface area contributed by atoms with Gasteiger partial charge in [0.2, 0.25) is 0 Å². The van der Waals surface area contributed by atoms with Crippen LogP contribution < -0.4 is 0 Å². The van der Waals surface area contributed by atoms with Gasteiger partial charge in [-0.1, -0.05) is 29.4 Å². The molecule has 0 radical (unpaired) electrons. The molecule has 110 valence electrons. The van der Waals surface area contributed by atoms with E-state index in [4.69, 9.17) is 4.52 Å². The molecule has 4 nitrogen and oxygen atoms in total. The normalized spacial score (nSPS) is 17.4. The Labute approximate surface area is 124 Å². The fourth-order valence-corrected chi connectivity index (χ4v) is 3.24. The zero-order chi connectivity index (χ0) is 15.0. The van der Waals surface area contributed by atoms with Crippen LogP contribution in [-0.2, 0) is 6.42 Å². The van der Waals surface area contributed by atoms with Crippen LogP contribution in [0.1, 0.15) is 51.8 Å². The Balaban J connectivity index is 1.93. The third-order valence-corrected chi connectivity index (χ3v) is 4.37. The number of carbonyl (C=O) groups excluding carboxylic acids is 1. The van der Waals surface area contributed by atoms with Crippen molar-refractivity contribution in [1.82, 2.24) is 10.1 Å². The minimum absolute atomic E-state index is 0.00652. The first-order valence-corrected chi connectivity index (χ1v) is 7.37. The SMILES string of the molecule is Cc1noc(C)c1C(=O)N(C)C1CCCc2ccccc21. The fourth-order valence-electron chi connectivity index (χ4n) is 3.24. The summed E-state index contributed by atoms with van der Waals surface area (Å²) in [5.41, 5.74) is 3.88. The maximum absolute atomic E-state index is 12.8. The van der Waals surface area contributed by atoms with Gasteiger partial charge in [0, 0.05) is 7.05 Å². The van der Waals surface area contributed by atoms with E-state index in [0.717, 1.165) is 19.3 Å². The van der Waals surface area contributed by atoms with E-state index in [0.29, 0.717) is 17.0 Å². The van der Waals surface area contributed by atoms with Crippen LogP contribution in [0, 0.1) is 13.8 Å². The molecule has 0 bridgehead atoms. The highest BCUT2D eigenvalue weighted by Crippen LogP contribution is 2.34. The van der Waals surface area contributed by atoms with E-state index in [1.807, 2.05) is 24.9 Å². The van der Waals surface area contributed by atoms with Crippen molar-refractivity contribution in [3.8, 4) is 0 Å². The second-order valence-corrected chi connectivity index (χ2v) is 5.72. The molecule has 2 aromatic rings. The summed E-state index contributed by atoms with van der Waals surface area (Å²) in [5, 5.41) is 3.89. The molecule has 0 spiro atoms. The van der Waals surface area contributed by atoms with Crippen LogP contribution in [0.3, 0.4) is 0 Å². The molecular formula is C17H20N2O2. The van der Waals surface area contributed by atoms with Crippen LogP contribution in [0.2, 0.25) is 0 Å². The highest BCUT2D eigenvalue weighted by molar-refractivity contribution is 5.96. The van der Waals surface area contributed by atoms with E-state index in [1.165, 1.54) is 11.1 Å². The van der Waals surface area contributed by atoms with Gasteiger partial charge in [0.25, 0.3) is 5.91 Å². The van der Waals surface area contributed by atoms with Gasteiger partial charge in [0.15, 0.2) is 0 Å². The van der Waals surface area contributed by atoms with Crippen molar-refractivity contribution in [2.45, 2.75) is 39.2 Å². The molecule has 0 aliphatic heterocycles. The number of hydrogen-bond donors (Lipinski definition) is 0. The lowest BCUT2D eigenvalue weighted by Gasteiger charge is -2.33. The lowest BCUT2D eigenvalue weighted by atomic mass is 9.87. The van der Waals surface area contributed by atoms with Gasteiger partial charge in [0.1, 0.15) is 11.3 Å². The number of rotatable bonds is 2. The largest absolute Gasteiger partial charge is 0.361 e. The van der Waals surface area contributed by atoms with Crippen molar-refractivity contribution < 1.29 is 9.32 Å². The van der Waals surface area contributed by atoms with Crippen molar-refractivity contribution in [1.29, 1.82) is 0 Å². The Morgan fingerprint density at radius 2 is 2.10 bits per heavy atom. The van der Waals surface area contributed by atoms with E-state index in [-0.39, 0.29) is 11.9 Å². The average Bonchev–Trinajstić information content (AvgIpc) is 2.84. The summed E-state index contributed by atoms with van der Waals surface area (Å²) in [6.45, 7) is 3.60. The summed E-state index contributed by atoms with van der Waals surface area (Å²) in [6.07, 6.45) is 3.21. The number of aromatic nitrogens is 1. The fraction of sp³-hybridized carbons (Fsp3) is 0.412. The number of benzene rings is 1. The maximum atomic E-state index is 12.8. The first kappa shape index (κ1) is 13.9. The summed E-state index contributed by atoms with van der Waals surface area (Å²) in [4.78, 5) is 14.6. The Kier molecular flexibility index (Phi) is 3.53. The molecule has 1 atom stereocenters. The second kappa shape index (κ2) is 5.35. The van der Waals surface area contributed by atoms with Crippen LogP contribution >= 0.6 is 0 Å². The maximum Gasteiger partial charge on any atom is 0.259 e. The monoisotopic (exact) mass is 284 g/mol. The molecular weight excluding hydrogens is 264 g/mol. The van der Waals surface area contributed by atoms with Crippen LogP contribution in [0.4, 0.5) is 0 Å². The lowest BCUT2D eigenvalue weighted by molar-refractivity contribution is 0.0712. The topological polar surface area (TPSA) is 46.3 Å². The third kappa shape index (κ3) is 2.35. The van der Waals surface area contributed by atoms with Gasteiger partial charge in [-0.25, -0.2) is 0 Å². The standard InChI is InChI=1S/C17H20N2O2/c1-11-16(12(2)21-18-11)17(20)19(3)15-10-6-8-13-7-4-5-9-14(13)15/h4-5,7,9,15H,6,8,10H2,1-3H3. The van der Waals surface area contributed by atoms with E-state index < -0.39 is 0 Å². The van der Waals surface area contributed by atoms with Crippen LogP contribution in [0.15, 0.2) is 28.8 Å². The van der Waals surface area contributed by atoms with Crippen molar-refractivity contribution >= 4 is 5.91 Å². The van der Waals surface area contributed by atoms with Gasteiger partial charge in [-0.2, -0.15) is 0 Å². The number of nitrogens with zero attached hydrogens (tertiary/aromatic N) is 2.